The van der Waals surface area contributed by atoms with Gasteiger partial charge in [0, 0.05) is 0 Å². The zero-order valence-corrected chi connectivity index (χ0v) is 14.2. The summed E-state index contributed by atoms with van der Waals surface area (Å²) in [5.74, 6) is -2.52. The second-order valence-corrected chi connectivity index (χ2v) is 6.54. The lowest BCUT2D eigenvalue weighted by molar-refractivity contribution is -0.149. The van der Waals surface area contributed by atoms with Crippen molar-refractivity contribution in [1.82, 2.24) is 10.2 Å². The van der Waals surface area contributed by atoms with Gasteiger partial charge < -0.3 is 10.1 Å². The van der Waals surface area contributed by atoms with Crippen LogP contribution >= 0.6 is 0 Å². The highest BCUT2D eigenvalue weighted by Gasteiger charge is 2.43. The minimum atomic E-state index is -0.980. The Morgan fingerprint density at radius 2 is 1.85 bits per heavy atom. The van der Waals surface area contributed by atoms with Crippen molar-refractivity contribution < 1.29 is 23.9 Å². The monoisotopic (exact) mass is 355 g/mol. The molecule has 0 aromatic heterocycles. The number of fused-ring (bicyclic) bond motifs is 1. The third-order valence-electron chi connectivity index (χ3n) is 4.55. The second-order valence-electron chi connectivity index (χ2n) is 6.54. The number of benzene rings is 1. The molecule has 1 N–H and O–H groups in total. The van der Waals surface area contributed by atoms with Crippen molar-refractivity contribution in [3.8, 4) is 6.07 Å². The lowest BCUT2D eigenvalue weighted by Crippen LogP contribution is -2.48. The molecule has 3 amide bonds. The number of nitrogens with one attached hydrogen (secondary N) is 1. The predicted molar refractivity (Wildman–Crippen MR) is 87.7 cm³/mol. The molecule has 1 aliphatic carbocycles. The quantitative estimate of drug-likeness (QED) is 0.591. The number of imide groups is 1. The summed E-state index contributed by atoms with van der Waals surface area (Å²) in [6.07, 6.45) is 1.73. The van der Waals surface area contributed by atoms with E-state index in [1.807, 2.05) is 0 Å². The van der Waals surface area contributed by atoms with Gasteiger partial charge >= 0.3 is 5.97 Å². The molecular formula is C18H17N3O5. The van der Waals surface area contributed by atoms with Crippen LogP contribution in [0.4, 0.5) is 0 Å². The molecule has 3 rings (SSSR count). The molecule has 134 valence electrons. The molecule has 1 aliphatic heterocycles. The van der Waals surface area contributed by atoms with E-state index in [-0.39, 0.29) is 17.0 Å². The number of esters is 1. The lowest BCUT2D eigenvalue weighted by Gasteiger charge is -2.22. The van der Waals surface area contributed by atoms with E-state index in [2.05, 4.69) is 11.4 Å². The first-order chi connectivity index (χ1) is 12.4. The summed E-state index contributed by atoms with van der Waals surface area (Å²) >= 11 is 0. The molecule has 1 heterocycles. The molecule has 1 fully saturated rings. The van der Waals surface area contributed by atoms with Gasteiger partial charge in [0.15, 0.2) is 6.61 Å². The number of hydrogen-bond donors (Lipinski definition) is 1. The molecule has 1 aromatic rings. The summed E-state index contributed by atoms with van der Waals surface area (Å²) in [5.41, 5.74) is -0.513. The van der Waals surface area contributed by atoms with Crippen molar-refractivity contribution in [2.75, 3.05) is 13.2 Å². The molecule has 0 bridgehead atoms. The number of carbonyl (C=O) groups is 4. The van der Waals surface area contributed by atoms with Crippen molar-refractivity contribution in [1.29, 1.82) is 5.26 Å². The Labute approximate surface area is 149 Å². The van der Waals surface area contributed by atoms with Crippen molar-refractivity contribution in [3.63, 3.8) is 0 Å². The number of rotatable bonds is 6. The van der Waals surface area contributed by atoms with Crippen molar-refractivity contribution >= 4 is 23.7 Å². The van der Waals surface area contributed by atoms with Crippen LogP contribution in [0.3, 0.4) is 0 Å². The molecule has 0 saturated heterocycles. The van der Waals surface area contributed by atoms with Gasteiger partial charge in [0.1, 0.15) is 12.1 Å². The summed E-state index contributed by atoms with van der Waals surface area (Å²) in [6.45, 7) is 0.479. The van der Waals surface area contributed by atoms with E-state index < -0.39 is 42.4 Å². The Morgan fingerprint density at radius 3 is 2.35 bits per heavy atom. The Bertz CT molecular complexity index is 804. The highest BCUT2D eigenvalue weighted by molar-refractivity contribution is 6.22. The highest BCUT2D eigenvalue weighted by atomic mass is 16.5. The molecular weight excluding hydrogens is 338 g/mol. The van der Waals surface area contributed by atoms with Crippen LogP contribution in [0, 0.1) is 17.2 Å². The standard InChI is InChI=1S/C18H17N3O5/c1-18(10-19,11-6-7-11)20-14(22)9-26-15(23)8-21-16(24)12-4-2-3-5-13(12)17(21)25/h2-5,11H,6-9H2,1H3,(H,20,22)/t18-/m0/s1. The smallest absolute Gasteiger partial charge is 0.326 e. The van der Waals surface area contributed by atoms with E-state index in [0.29, 0.717) is 0 Å². The summed E-state index contributed by atoms with van der Waals surface area (Å²) in [5, 5.41) is 11.8. The maximum Gasteiger partial charge on any atom is 0.326 e. The van der Waals surface area contributed by atoms with Crippen LogP contribution in [-0.4, -0.2) is 47.3 Å². The molecule has 8 heteroatoms. The van der Waals surface area contributed by atoms with Gasteiger partial charge in [-0.25, -0.2) is 0 Å². The van der Waals surface area contributed by atoms with Crippen molar-refractivity contribution in [2.24, 2.45) is 5.92 Å². The van der Waals surface area contributed by atoms with E-state index in [9.17, 15) is 24.4 Å². The minimum Gasteiger partial charge on any atom is -0.454 e. The largest absolute Gasteiger partial charge is 0.454 e. The summed E-state index contributed by atoms with van der Waals surface area (Å²) < 4.78 is 4.85. The lowest BCUT2D eigenvalue weighted by atomic mass is 9.98. The molecule has 0 spiro atoms. The van der Waals surface area contributed by atoms with E-state index in [1.54, 1.807) is 19.1 Å². The van der Waals surface area contributed by atoms with Gasteiger partial charge in [-0.05, 0) is 37.8 Å². The molecule has 1 saturated carbocycles. The van der Waals surface area contributed by atoms with Crippen LogP contribution in [0.1, 0.15) is 40.5 Å². The maximum atomic E-state index is 12.2. The first-order valence-corrected chi connectivity index (χ1v) is 8.19. The van der Waals surface area contributed by atoms with E-state index in [1.165, 1.54) is 12.1 Å². The van der Waals surface area contributed by atoms with Crippen LogP contribution in [0.5, 0.6) is 0 Å². The third-order valence-corrected chi connectivity index (χ3v) is 4.55. The number of ether oxygens (including phenoxy) is 1. The van der Waals surface area contributed by atoms with E-state index >= 15 is 0 Å². The van der Waals surface area contributed by atoms with E-state index in [0.717, 1.165) is 17.7 Å². The fourth-order valence-corrected chi connectivity index (χ4v) is 2.91. The minimum absolute atomic E-state index is 0.102. The first kappa shape index (κ1) is 17.6. The Kier molecular flexibility index (Phi) is 4.47. The van der Waals surface area contributed by atoms with Gasteiger partial charge in [-0.15, -0.1) is 0 Å². The van der Waals surface area contributed by atoms with Gasteiger partial charge in [0.2, 0.25) is 0 Å². The van der Waals surface area contributed by atoms with Crippen LogP contribution in [0.2, 0.25) is 0 Å². The molecule has 0 unspecified atom stereocenters. The number of nitrogens with zero attached hydrogens (tertiary/aromatic N) is 2. The number of hydrogen-bond acceptors (Lipinski definition) is 6. The molecule has 26 heavy (non-hydrogen) atoms. The van der Waals surface area contributed by atoms with Gasteiger partial charge in [-0.2, -0.15) is 5.26 Å². The van der Waals surface area contributed by atoms with Gasteiger partial charge in [0.05, 0.1) is 17.2 Å². The topological polar surface area (TPSA) is 117 Å². The van der Waals surface area contributed by atoms with Crippen LogP contribution < -0.4 is 5.32 Å². The molecule has 0 radical (unpaired) electrons. The van der Waals surface area contributed by atoms with Gasteiger partial charge in [0.25, 0.3) is 17.7 Å². The Hall–Kier alpha value is -3.21. The SMILES string of the molecule is C[C@@](C#N)(NC(=O)COC(=O)CN1C(=O)c2ccccc2C1=O)C1CC1. The maximum absolute atomic E-state index is 12.2. The molecule has 1 aromatic carbocycles. The Balaban J connectivity index is 1.52. The number of nitriles is 1. The first-order valence-electron chi connectivity index (χ1n) is 8.19. The van der Waals surface area contributed by atoms with Gasteiger partial charge in [-0.3, -0.25) is 24.1 Å². The average molecular weight is 355 g/mol. The van der Waals surface area contributed by atoms with Crippen LogP contribution in [0.15, 0.2) is 24.3 Å². The van der Waals surface area contributed by atoms with Gasteiger partial charge in [-0.1, -0.05) is 12.1 Å². The van der Waals surface area contributed by atoms with Crippen molar-refractivity contribution in [2.45, 2.75) is 25.3 Å². The summed E-state index contributed by atoms with van der Waals surface area (Å²) in [6, 6.07) is 8.34. The van der Waals surface area contributed by atoms with Crippen LogP contribution in [-0.2, 0) is 14.3 Å². The number of amides is 3. The third kappa shape index (κ3) is 3.28. The zero-order valence-electron chi connectivity index (χ0n) is 14.2. The Morgan fingerprint density at radius 1 is 1.27 bits per heavy atom. The molecule has 1 atom stereocenters. The number of carbonyl (C=O) groups excluding carboxylic acids is 4. The second kappa shape index (κ2) is 6.59. The summed E-state index contributed by atoms with van der Waals surface area (Å²) in [4.78, 5) is 49.0. The fraction of sp³-hybridized carbons (Fsp3) is 0.389. The molecule has 8 nitrogen and oxygen atoms in total. The normalized spacial score (nSPS) is 17.9. The predicted octanol–water partition coefficient (Wildman–Crippen LogP) is 0.634. The van der Waals surface area contributed by atoms with Crippen molar-refractivity contribution in [3.05, 3.63) is 35.4 Å². The fourth-order valence-electron chi connectivity index (χ4n) is 2.91. The van der Waals surface area contributed by atoms with E-state index in [4.69, 9.17) is 4.74 Å². The molecule has 2 aliphatic rings. The van der Waals surface area contributed by atoms with Crippen LogP contribution in [0.25, 0.3) is 0 Å². The zero-order chi connectivity index (χ0) is 18.9. The average Bonchev–Trinajstić information content (AvgIpc) is 3.46. The highest BCUT2D eigenvalue weighted by Crippen LogP contribution is 2.39. The summed E-state index contributed by atoms with van der Waals surface area (Å²) in [7, 11) is 0.